The second-order valence-corrected chi connectivity index (χ2v) is 8.01. The van der Waals surface area contributed by atoms with Crippen LogP contribution in [0.5, 0.6) is 5.75 Å². The lowest BCUT2D eigenvalue weighted by atomic mass is 10.1. The second-order valence-electron chi connectivity index (χ2n) is 7.60. The van der Waals surface area contributed by atoms with Gasteiger partial charge in [0.1, 0.15) is 16.8 Å². The van der Waals surface area contributed by atoms with E-state index in [9.17, 15) is 4.79 Å². The number of nitrogens with zero attached hydrogens (tertiary/aromatic N) is 4. The van der Waals surface area contributed by atoms with Crippen LogP contribution in [-0.2, 0) is 4.79 Å². The topological polar surface area (TPSA) is 72.3 Å². The minimum Gasteiger partial charge on any atom is -0.482 e. The maximum atomic E-state index is 12.4. The summed E-state index contributed by atoms with van der Waals surface area (Å²) in [7, 11) is 0. The number of amides is 1. The number of para-hydroxylation sites is 1. The van der Waals surface area contributed by atoms with Crippen LogP contribution < -0.4 is 15.0 Å². The average Bonchev–Trinajstić information content (AvgIpc) is 3.22. The predicted molar refractivity (Wildman–Crippen MR) is 133 cm³/mol. The molecule has 0 aliphatic rings. The molecule has 33 heavy (non-hydrogen) atoms. The summed E-state index contributed by atoms with van der Waals surface area (Å²) in [4.78, 5) is 16.3. The molecule has 1 N–H and O–H groups in total. The van der Waals surface area contributed by atoms with Gasteiger partial charge in [-0.05, 0) is 74.9 Å². The number of hydrogen-bond acceptors (Lipinski definition) is 5. The Morgan fingerprint density at radius 2 is 1.70 bits per heavy atom. The smallest absolute Gasteiger partial charge is 0.262 e. The molecule has 0 bridgehead atoms. The maximum absolute atomic E-state index is 12.4. The van der Waals surface area contributed by atoms with E-state index in [4.69, 9.17) is 16.3 Å². The molecule has 0 atom stereocenters. The Morgan fingerprint density at radius 3 is 2.36 bits per heavy atom. The summed E-state index contributed by atoms with van der Waals surface area (Å²) in [5, 5.41) is 12.6. The molecule has 0 saturated carbocycles. The van der Waals surface area contributed by atoms with Crippen molar-refractivity contribution in [3.05, 3.63) is 71.2 Å². The first-order chi connectivity index (χ1) is 16.0. The van der Waals surface area contributed by atoms with Gasteiger partial charge in [0.05, 0.1) is 10.7 Å². The summed E-state index contributed by atoms with van der Waals surface area (Å²) in [5.41, 5.74) is 5.04. The molecule has 0 aliphatic carbocycles. The lowest BCUT2D eigenvalue weighted by Gasteiger charge is -2.20. The molecule has 1 amide bonds. The normalized spacial score (nSPS) is 10.9. The summed E-state index contributed by atoms with van der Waals surface area (Å²) >= 11 is 6.07. The molecule has 0 saturated heterocycles. The van der Waals surface area contributed by atoms with E-state index in [-0.39, 0.29) is 12.5 Å². The number of aromatic nitrogens is 3. The third kappa shape index (κ3) is 5.09. The van der Waals surface area contributed by atoms with Gasteiger partial charge in [-0.2, -0.15) is 4.80 Å². The van der Waals surface area contributed by atoms with E-state index in [1.54, 1.807) is 29.1 Å². The first kappa shape index (κ1) is 22.6. The van der Waals surface area contributed by atoms with Gasteiger partial charge in [0.2, 0.25) is 0 Å². The van der Waals surface area contributed by atoms with Crippen LogP contribution in [-0.4, -0.2) is 40.6 Å². The Hall–Kier alpha value is -3.58. The van der Waals surface area contributed by atoms with Crippen LogP contribution in [0.4, 0.5) is 11.4 Å². The van der Waals surface area contributed by atoms with E-state index in [1.807, 2.05) is 31.2 Å². The Bertz CT molecular complexity index is 1270. The average molecular weight is 464 g/mol. The lowest BCUT2D eigenvalue weighted by Crippen LogP contribution is -2.21. The standard InChI is InChI=1S/C25H26ClN5O2/c1-4-30(5-2)18-10-12-19(13-11-18)31-28-22-14-17(3)21(15-23(22)29-31)27-25(32)16-33-24-9-7-6-8-20(24)26/h6-15H,4-5,16H2,1-3H3,(H,27,32). The quantitative estimate of drug-likeness (QED) is 0.386. The highest BCUT2D eigenvalue weighted by Crippen LogP contribution is 2.25. The molecule has 0 fully saturated rings. The number of anilines is 2. The van der Waals surface area contributed by atoms with Crippen molar-refractivity contribution in [3.8, 4) is 11.4 Å². The highest BCUT2D eigenvalue weighted by atomic mass is 35.5. The molecule has 8 heteroatoms. The number of carbonyl (C=O) groups is 1. The number of rotatable bonds is 8. The van der Waals surface area contributed by atoms with Crippen molar-refractivity contribution in [1.82, 2.24) is 15.0 Å². The zero-order valence-corrected chi connectivity index (χ0v) is 19.6. The summed E-state index contributed by atoms with van der Waals surface area (Å²) in [6.07, 6.45) is 0. The number of benzene rings is 3. The molecule has 0 unspecified atom stereocenters. The lowest BCUT2D eigenvalue weighted by molar-refractivity contribution is -0.118. The van der Waals surface area contributed by atoms with Crippen molar-refractivity contribution >= 4 is 39.9 Å². The van der Waals surface area contributed by atoms with Gasteiger partial charge in [0.25, 0.3) is 5.91 Å². The van der Waals surface area contributed by atoms with Gasteiger partial charge in [-0.25, -0.2) is 0 Å². The van der Waals surface area contributed by atoms with E-state index in [1.165, 1.54) is 5.69 Å². The first-order valence-electron chi connectivity index (χ1n) is 10.9. The Balaban J connectivity index is 1.49. The van der Waals surface area contributed by atoms with Crippen molar-refractivity contribution < 1.29 is 9.53 Å². The zero-order valence-electron chi connectivity index (χ0n) is 18.9. The monoisotopic (exact) mass is 463 g/mol. The van der Waals surface area contributed by atoms with Gasteiger partial charge in [-0.1, -0.05) is 23.7 Å². The second kappa shape index (κ2) is 9.92. The summed E-state index contributed by atoms with van der Waals surface area (Å²) in [6.45, 7) is 7.96. The van der Waals surface area contributed by atoms with Gasteiger partial charge in [0.15, 0.2) is 6.61 Å². The van der Waals surface area contributed by atoms with Crippen LogP contribution in [0.2, 0.25) is 5.02 Å². The number of hydrogen-bond donors (Lipinski definition) is 1. The third-order valence-corrected chi connectivity index (χ3v) is 5.72. The van der Waals surface area contributed by atoms with E-state index in [0.29, 0.717) is 22.0 Å². The molecule has 0 aliphatic heterocycles. The van der Waals surface area contributed by atoms with Crippen molar-refractivity contribution in [2.45, 2.75) is 20.8 Å². The van der Waals surface area contributed by atoms with Gasteiger partial charge >= 0.3 is 0 Å². The van der Waals surface area contributed by atoms with Crippen LogP contribution in [0, 0.1) is 6.92 Å². The number of nitrogens with one attached hydrogen (secondary N) is 1. The van der Waals surface area contributed by atoms with Crippen molar-refractivity contribution in [3.63, 3.8) is 0 Å². The van der Waals surface area contributed by atoms with Gasteiger partial charge < -0.3 is 15.0 Å². The van der Waals surface area contributed by atoms with E-state index in [2.05, 4.69) is 46.4 Å². The molecular weight excluding hydrogens is 438 g/mol. The Kier molecular flexibility index (Phi) is 6.79. The van der Waals surface area contributed by atoms with E-state index < -0.39 is 0 Å². The van der Waals surface area contributed by atoms with Gasteiger partial charge in [-0.3, -0.25) is 4.79 Å². The SMILES string of the molecule is CCN(CC)c1ccc(-n2nc3cc(C)c(NC(=O)COc4ccccc4Cl)cc3n2)cc1. The van der Waals surface area contributed by atoms with Crippen molar-refractivity contribution in [2.75, 3.05) is 29.9 Å². The number of ether oxygens (including phenoxy) is 1. The minimum absolute atomic E-state index is 0.146. The molecule has 7 nitrogen and oxygen atoms in total. The van der Waals surface area contributed by atoms with Crippen molar-refractivity contribution in [2.24, 2.45) is 0 Å². The van der Waals surface area contributed by atoms with Crippen LogP contribution >= 0.6 is 11.6 Å². The molecular formula is C25H26ClN5O2. The summed E-state index contributed by atoms with van der Waals surface area (Å²) in [5.74, 6) is 0.188. The minimum atomic E-state index is -0.281. The van der Waals surface area contributed by atoms with Crippen LogP contribution in [0.1, 0.15) is 19.4 Å². The summed E-state index contributed by atoms with van der Waals surface area (Å²) in [6, 6.07) is 18.9. The highest BCUT2D eigenvalue weighted by Gasteiger charge is 2.12. The number of carbonyl (C=O) groups excluding carboxylic acids is 1. The fourth-order valence-electron chi connectivity index (χ4n) is 3.59. The molecule has 170 valence electrons. The third-order valence-electron chi connectivity index (χ3n) is 5.41. The summed E-state index contributed by atoms with van der Waals surface area (Å²) < 4.78 is 5.52. The molecule has 0 radical (unpaired) electrons. The number of aryl methyl sites for hydroxylation is 1. The molecule has 1 heterocycles. The Morgan fingerprint density at radius 1 is 1.03 bits per heavy atom. The largest absolute Gasteiger partial charge is 0.482 e. The zero-order chi connectivity index (χ0) is 23.4. The van der Waals surface area contributed by atoms with Crippen molar-refractivity contribution in [1.29, 1.82) is 0 Å². The predicted octanol–water partition coefficient (Wildman–Crippen LogP) is 5.25. The van der Waals surface area contributed by atoms with E-state index in [0.717, 1.165) is 29.9 Å². The first-order valence-corrected chi connectivity index (χ1v) is 11.3. The fourth-order valence-corrected chi connectivity index (χ4v) is 3.79. The van der Waals surface area contributed by atoms with Crippen LogP contribution in [0.15, 0.2) is 60.7 Å². The molecule has 3 aromatic carbocycles. The molecule has 0 spiro atoms. The fraction of sp³-hybridized carbons (Fsp3) is 0.240. The van der Waals surface area contributed by atoms with Crippen LogP contribution in [0.25, 0.3) is 16.7 Å². The molecule has 4 aromatic rings. The van der Waals surface area contributed by atoms with E-state index >= 15 is 0 Å². The van der Waals surface area contributed by atoms with Gasteiger partial charge in [0, 0.05) is 24.5 Å². The molecule has 1 aromatic heterocycles. The highest BCUT2D eigenvalue weighted by molar-refractivity contribution is 6.32. The number of fused-ring (bicyclic) bond motifs is 1. The Labute approximate surface area is 197 Å². The van der Waals surface area contributed by atoms with Crippen LogP contribution in [0.3, 0.4) is 0 Å². The van der Waals surface area contributed by atoms with Gasteiger partial charge in [-0.15, -0.1) is 10.2 Å². The molecule has 4 rings (SSSR count). The maximum Gasteiger partial charge on any atom is 0.262 e. The number of halogens is 1.